The van der Waals surface area contributed by atoms with Gasteiger partial charge >= 0.3 is 0 Å². The molecule has 0 aliphatic carbocycles. The van der Waals surface area contributed by atoms with Gasteiger partial charge in [-0.15, -0.1) is 0 Å². The second-order valence-electron chi connectivity index (χ2n) is 6.66. The standard InChI is InChI=1S/C16H34N6/c1-5-22-8-6-7-14(22)11-18-16(17-2)19-12-15-13-20(3)9-10-21(15)4/h14-15H,5-13H2,1-4H3,(H2,17,18,19). The van der Waals surface area contributed by atoms with Crippen molar-refractivity contribution in [3.63, 3.8) is 0 Å². The molecule has 2 fully saturated rings. The van der Waals surface area contributed by atoms with Crippen LogP contribution in [0.5, 0.6) is 0 Å². The largest absolute Gasteiger partial charge is 0.355 e. The van der Waals surface area contributed by atoms with Crippen LogP contribution in [0.1, 0.15) is 19.8 Å². The van der Waals surface area contributed by atoms with Crippen LogP contribution in [-0.2, 0) is 0 Å². The smallest absolute Gasteiger partial charge is 0.191 e. The van der Waals surface area contributed by atoms with Gasteiger partial charge in [-0.1, -0.05) is 6.92 Å². The van der Waals surface area contributed by atoms with Crippen molar-refractivity contribution < 1.29 is 0 Å². The molecule has 0 amide bonds. The second kappa shape index (κ2) is 8.70. The highest BCUT2D eigenvalue weighted by Crippen LogP contribution is 2.15. The molecule has 2 atom stereocenters. The SMILES string of the molecule is CCN1CCCC1CNC(=NC)NCC1CN(C)CCN1C. The molecule has 2 aliphatic rings. The van der Waals surface area contributed by atoms with Crippen LogP contribution in [0.3, 0.4) is 0 Å². The number of aliphatic imine (C=N–C) groups is 1. The molecule has 0 bridgehead atoms. The Morgan fingerprint density at radius 1 is 1.09 bits per heavy atom. The van der Waals surface area contributed by atoms with Crippen molar-refractivity contribution in [1.29, 1.82) is 0 Å². The zero-order chi connectivity index (χ0) is 15.9. The molecule has 0 spiro atoms. The molecule has 2 rings (SSSR count). The van der Waals surface area contributed by atoms with E-state index in [1.54, 1.807) is 0 Å². The summed E-state index contributed by atoms with van der Waals surface area (Å²) in [5, 5.41) is 7.01. The van der Waals surface area contributed by atoms with E-state index >= 15 is 0 Å². The summed E-state index contributed by atoms with van der Waals surface area (Å²) in [4.78, 5) is 11.8. The van der Waals surface area contributed by atoms with E-state index in [1.165, 1.54) is 19.4 Å². The highest BCUT2D eigenvalue weighted by molar-refractivity contribution is 5.79. The molecule has 6 heteroatoms. The number of piperazine rings is 1. The van der Waals surface area contributed by atoms with E-state index in [9.17, 15) is 0 Å². The lowest BCUT2D eigenvalue weighted by molar-refractivity contribution is 0.116. The van der Waals surface area contributed by atoms with E-state index in [4.69, 9.17) is 0 Å². The predicted octanol–water partition coefficient (Wildman–Crippen LogP) is -0.118. The summed E-state index contributed by atoms with van der Waals surface area (Å²) in [7, 11) is 6.28. The minimum Gasteiger partial charge on any atom is -0.355 e. The summed E-state index contributed by atoms with van der Waals surface area (Å²) < 4.78 is 0. The van der Waals surface area contributed by atoms with E-state index < -0.39 is 0 Å². The molecule has 2 unspecified atom stereocenters. The van der Waals surface area contributed by atoms with Gasteiger partial charge in [-0.3, -0.25) is 14.8 Å². The first-order valence-corrected chi connectivity index (χ1v) is 8.71. The molecule has 0 aromatic rings. The Bertz CT molecular complexity index is 359. The highest BCUT2D eigenvalue weighted by Gasteiger charge is 2.24. The molecular formula is C16H34N6. The van der Waals surface area contributed by atoms with Crippen molar-refractivity contribution in [2.45, 2.75) is 31.8 Å². The fourth-order valence-electron chi connectivity index (χ4n) is 3.51. The van der Waals surface area contributed by atoms with Gasteiger partial charge in [0, 0.05) is 51.9 Å². The van der Waals surface area contributed by atoms with Crippen molar-refractivity contribution in [2.24, 2.45) is 4.99 Å². The third-order valence-corrected chi connectivity index (χ3v) is 5.12. The van der Waals surface area contributed by atoms with Crippen LogP contribution in [0.2, 0.25) is 0 Å². The van der Waals surface area contributed by atoms with Gasteiger partial charge in [-0.25, -0.2) is 0 Å². The van der Waals surface area contributed by atoms with E-state index in [0.717, 1.165) is 45.2 Å². The summed E-state index contributed by atoms with van der Waals surface area (Å²) in [6.45, 7) is 10.0. The number of guanidine groups is 1. The van der Waals surface area contributed by atoms with Crippen LogP contribution < -0.4 is 10.6 Å². The molecule has 0 aromatic carbocycles. The maximum Gasteiger partial charge on any atom is 0.191 e. The number of nitrogens with zero attached hydrogens (tertiary/aromatic N) is 4. The van der Waals surface area contributed by atoms with Crippen LogP contribution >= 0.6 is 0 Å². The Balaban J connectivity index is 1.73. The van der Waals surface area contributed by atoms with Gasteiger partial charge in [-0.05, 0) is 40.0 Å². The third-order valence-electron chi connectivity index (χ3n) is 5.12. The van der Waals surface area contributed by atoms with E-state index in [0.29, 0.717) is 12.1 Å². The molecule has 0 saturated carbocycles. The zero-order valence-electron chi connectivity index (χ0n) is 14.8. The highest BCUT2D eigenvalue weighted by atomic mass is 15.3. The molecule has 6 nitrogen and oxygen atoms in total. The average Bonchev–Trinajstić information content (AvgIpc) is 2.98. The number of likely N-dealkylation sites (tertiary alicyclic amines) is 1. The fourth-order valence-corrected chi connectivity index (χ4v) is 3.51. The zero-order valence-corrected chi connectivity index (χ0v) is 14.8. The topological polar surface area (TPSA) is 46.1 Å². The lowest BCUT2D eigenvalue weighted by Gasteiger charge is -2.38. The van der Waals surface area contributed by atoms with Crippen molar-refractivity contribution in [3.05, 3.63) is 0 Å². The van der Waals surface area contributed by atoms with Crippen LogP contribution in [0.25, 0.3) is 0 Å². The summed E-state index contributed by atoms with van der Waals surface area (Å²) in [5.41, 5.74) is 0. The fraction of sp³-hybridized carbons (Fsp3) is 0.938. The Labute approximate surface area is 135 Å². The molecule has 22 heavy (non-hydrogen) atoms. The lowest BCUT2D eigenvalue weighted by Crippen LogP contribution is -2.55. The normalized spacial score (nSPS) is 29.0. The van der Waals surface area contributed by atoms with Gasteiger partial charge in [0.2, 0.25) is 0 Å². The van der Waals surface area contributed by atoms with Gasteiger partial charge in [0.25, 0.3) is 0 Å². The van der Waals surface area contributed by atoms with Crippen molar-refractivity contribution in [1.82, 2.24) is 25.3 Å². The first-order chi connectivity index (χ1) is 10.6. The van der Waals surface area contributed by atoms with Crippen LogP contribution in [0, 0.1) is 0 Å². The summed E-state index contributed by atoms with van der Waals surface area (Å²) in [5.74, 6) is 0.935. The molecule has 2 saturated heterocycles. The Kier molecular flexibility index (Phi) is 6.92. The molecule has 0 radical (unpaired) electrons. The number of likely N-dealkylation sites (N-methyl/N-ethyl adjacent to an activating group) is 3. The molecular weight excluding hydrogens is 276 g/mol. The Morgan fingerprint density at radius 2 is 1.82 bits per heavy atom. The van der Waals surface area contributed by atoms with Gasteiger partial charge in [-0.2, -0.15) is 0 Å². The lowest BCUT2D eigenvalue weighted by atomic mass is 10.2. The van der Waals surface area contributed by atoms with E-state index in [2.05, 4.69) is 51.3 Å². The Hall–Kier alpha value is -0.850. The van der Waals surface area contributed by atoms with Crippen molar-refractivity contribution >= 4 is 5.96 Å². The quantitative estimate of drug-likeness (QED) is 0.548. The van der Waals surface area contributed by atoms with Gasteiger partial charge in [0.05, 0.1) is 0 Å². The first kappa shape index (κ1) is 17.5. The van der Waals surface area contributed by atoms with Crippen molar-refractivity contribution in [2.75, 3.05) is 67.0 Å². The molecule has 0 aromatic heterocycles. The first-order valence-electron chi connectivity index (χ1n) is 8.71. The molecule has 2 heterocycles. The Morgan fingerprint density at radius 3 is 2.50 bits per heavy atom. The molecule has 2 N–H and O–H groups in total. The van der Waals surface area contributed by atoms with Gasteiger partial charge in [0.1, 0.15) is 0 Å². The number of nitrogens with one attached hydrogen (secondary N) is 2. The van der Waals surface area contributed by atoms with Gasteiger partial charge in [0.15, 0.2) is 5.96 Å². The third kappa shape index (κ3) is 4.83. The monoisotopic (exact) mass is 310 g/mol. The second-order valence-corrected chi connectivity index (χ2v) is 6.66. The number of hydrogen-bond acceptors (Lipinski definition) is 4. The predicted molar refractivity (Wildman–Crippen MR) is 93.5 cm³/mol. The average molecular weight is 310 g/mol. The van der Waals surface area contributed by atoms with Crippen LogP contribution in [-0.4, -0.2) is 99.7 Å². The van der Waals surface area contributed by atoms with Crippen LogP contribution in [0.15, 0.2) is 4.99 Å². The van der Waals surface area contributed by atoms with Crippen LogP contribution in [0.4, 0.5) is 0 Å². The maximum atomic E-state index is 4.37. The molecule has 2 aliphatic heterocycles. The van der Waals surface area contributed by atoms with Gasteiger partial charge < -0.3 is 15.5 Å². The summed E-state index contributed by atoms with van der Waals surface area (Å²) >= 11 is 0. The van der Waals surface area contributed by atoms with Crippen molar-refractivity contribution in [3.8, 4) is 0 Å². The minimum atomic E-state index is 0.552. The summed E-state index contributed by atoms with van der Waals surface area (Å²) in [6.07, 6.45) is 2.62. The minimum absolute atomic E-state index is 0.552. The van der Waals surface area contributed by atoms with E-state index in [-0.39, 0.29) is 0 Å². The number of rotatable bonds is 5. The summed E-state index contributed by atoms with van der Waals surface area (Å²) in [6, 6.07) is 1.21. The van der Waals surface area contributed by atoms with E-state index in [1.807, 2.05) is 7.05 Å². The molecule has 128 valence electrons. The maximum absolute atomic E-state index is 4.37. The number of hydrogen-bond donors (Lipinski definition) is 2.